The van der Waals surface area contributed by atoms with Crippen molar-refractivity contribution in [2.24, 2.45) is 5.84 Å². The molecule has 0 bridgehead atoms. The highest BCUT2D eigenvalue weighted by Gasteiger charge is 2.02. The Morgan fingerprint density at radius 2 is 1.44 bits per heavy atom. The van der Waals surface area contributed by atoms with Gasteiger partial charge in [-0.2, -0.15) is 0 Å². The first-order chi connectivity index (χ1) is 7.81. The topological polar surface area (TPSA) is 38.0 Å². The lowest BCUT2D eigenvalue weighted by atomic mass is 10.0. The van der Waals surface area contributed by atoms with Crippen LogP contribution in [0.15, 0.2) is 54.6 Å². The molecule has 0 aromatic heterocycles. The van der Waals surface area contributed by atoms with E-state index < -0.39 is 0 Å². The average Bonchev–Trinajstić information content (AvgIpc) is 2.39. The smallest absolute Gasteiger partial charge is 0.0431 e. The van der Waals surface area contributed by atoms with Gasteiger partial charge in [0.1, 0.15) is 0 Å². The Bertz CT molecular complexity index is 434. The number of hydrazine groups is 1. The van der Waals surface area contributed by atoms with E-state index in [1.165, 1.54) is 16.7 Å². The fraction of sp³-hybridized carbons (Fsp3) is 0.143. The van der Waals surface area contributed by atoms with Crippen LogP contribution >= 0.6 is 0 Å². The molecular formula is C14H16N2. The van der Waals surface area contributed by atoms with Crippen LogP contribution in [-0.2, 0) is 0 Å². The molecule has 0 heterocycles. The number of nitrogens with one attached hydrogen (secondary N) is 1. The highest BCUT2D eigenvalue weighted by Crippen LogP contribution is 2.21. The second kappa shape index (κ2) is 4.92. The van der Waals surface area contributed by atoms with E-state index in [0.29, 0.717) is 0 Å². The third kappa shape index (κ3) is 2.30. The number of benzene rings is 2. The Labute approximate surface area is 96.1 Å². The van der Waals surface area contributed by atoms with Crippen molar-refractivity contribution in [3.8, 4) is 11.1 Å². The van der Waals surface area contributed by atoms with Crippen LogP contribution in [0.3, 0.4) is 0 Å². The molecule has 0 saturated heterocycles. The van der Waals surface area contributed by atoms with Crippen molar-refractivity contribution in [3.63, 3.8) is 0 Å². The molecule has 0 aliphatic heterocycles. The molecule has 0 unspecified atom stereocenters. The van der Waals surface area contributed by atoms with Crippen LogP contribution in [-0.4, -0.2) is 0 Å². The molecule has 2 heteroatoms. The minimum Gasteiger partial charge on any atom is -0.271 e. The van der Waals surface area contributed by atoms with Crippen LogP contribution in [0.25, 0.3) is 11.1 Å². The van der Waals surface area contributed by atoms with Crippen LogP contribution in [0.1, 0.15) is 18.5 Å². The highest BCUT2D eigenvalue weighted by atomic mass is 15.2. The molecule has 0 amide bonds. The molecule has 2 rings (SSSR count). The summed E-state index contributed by atoms with van der Waals surface area (Å²) in [4.78, 5) is 0. The van der Waals surface area contributed by atoms with Crippen molar-refractivity contribution in [3.05, 3.63) is 60.2 Å². The monoisotopic (exact) mass is 212 g/mol. The first-order valence-electron chi connectivity index (χ1n) is 5.43. The van der Waals surface area contributed by atoms with Gasteiger partial charge < -0.3 is 0 Å². The van der Waals surface area contributed by atoms with E-state index in [2.05, 4.69) is 41.8 Å². The summed E-state index contributed by atoms with van der Waals surface area (Å²) < 4.78 is 0. The van der Waals surface area contributed by atoms with Gasteiger partial charge in [0.05, 0.1) is 0 Å². The van der Waals surface area contributed by atoms with Gasteiger partial charge in [0, 0.05) is 6.04 Å². The van der Waals surface area contributed by atoms with Crippen LogP contribution in [0.2, 0.25) is 0 Å². The summed E-state index contributed by atoms with van der Waals surface area (Å²) in [5.41, 5.74) is 6.41. The molecule has 3 N–H and O–H groups in total. The summed E-state index contributed by atoms with van der Waals surface area (Å²) in [6, 6.07) is 19.0. The zero-order valence-electron chi connectivity index (χ0n) is 9.35. The van der Waals surface area contributed by atoms with Gasteiger partial charge in [-0.1, -0.05) is 54.6 Å². The predicted molar refractivity (Wildman–Crippen MR) is 67.6 cm³/mol. The fourth-order valence-electron chi connectivity index (χ4n) is 1.69. The van der Waals surface area contributed by atoms with Gasteiger partial charge >= 0.3 is 0 Å². The zero-order valence-corrected chi connectivity index (χ0v) is 9.35. The molecule has 0 saturated carbocycles. The van der Waals surface area contributed by atoms with Gasteiger partial charge in [0.2, 0.25) is 0 Å². The molecule has 0 aliphatic carbocycles. The second-order valence-corrected chi connectivity index (χ2v) is 3.88. The fourth-order valence-corrected chi connectivity index (χ4v) is 1.69. The van der Waals surface area contributed by atoms with Gasteiger partial charge in [-0.25, -0.2) is 0 Å². The van der Waals surface area contributed by atoms with Crippen molar-refractivity contribution in [2.75, 3.05) is 0 Å². The van der Waals surface area contributed by atoms with Crippen LogP contribution in [0.5, 0.6) is 0 Å². The molecule has 2 aromatic carbocycles. The van der Waals surface area contributed by atoms with Gasteiger partial charge in [-0.15, -0.1) is 0 Å². The Balaban J connectivity index is 2.26. The first kappa shape index (κ1) is 10.9. The van der Waals surface area contributed by atoms with E-state index in [1.54, 1.807) is 0 Å². The minimum atomic E-state index is 0.185. The normalized spacial score (nSPS) is 12.4. The van der Waals surface area contributed by atoms with Crippen molar-refractivity contribution >= 4 is 0 Å². The average molecular weight is 212 g/mol. The minimum absolute atomic E-state index is 0.185. The quantitative estimate of drug-likeness (QED) is 0.606. The summed E-state index contributed by atoms with van der Waals surface area (Å²) in [7, 11) is 0. The molecule has 0 radical (unpaired) electrons. The second-order valence-electron chi connectivity index (χ2n) is 3.88. The van der Waals surface area contributed by atoms with E-state index in [1.807, 2.05) is 25.1 Å². The standard InChI is InChI=1S/C14H16N2/c1-11(16-15)12-7-9-14(10-8-12)13-5-3-2-4-6-13/h2-11,16H,15H2,1H3/t11-/m1/s1. The summed E-state index contributed by atoms with van der Waals surface area (Å²) in [5, 5.41) is 0. The summed E-state index contributed by atoms with van der Waals surface area (Å²) >= 11 is 0. The van der Waals surface area contributed by atoms with Crippen molar-refractivity contribution in [2.45, 2.75) is 13.0 Å². The molecule has 82 valence electrons. The van der Waals surface area contributed by atoms with Crippen molar-refractivity contribution in [1.29, 1.82) is 0 Å². The lowest BCUT2D eigenvalue weighted by Gasteiger charge is -2.10. The molecule has 0 fully saturated rings. The number of nitrogens with two attached hydrogens (primary N) is 1. The SMILES string of the molecule is C[C@@H](NN)c1ccc(-c2ccccc2)cc1. The third-order valence-electron chi connectivity index (χ3n) is 2.77. The Morgan fingerprint density at radius 3 is 2.00 bits per heavy atom. The molecular weight excluding hydrogens is 196 g/mol. The molecule has 16 heavy (non-hydrogen) atoms. The van der Waals surface area contributed by atoms with Gasteiger partial charge in [-0.3, -0.25) is 11.3 Å². The van der Waals surface area contributed by atoms with E-state index in [4.69, 9.17) is 5.84 Å². The first-order valence-corrected chi connectivity index (χ1v) is 5.43. The summed E-state index contributed by atoms with van der Waals surface area (Å²) in [6.07, 6.45) is 0. The molecule has 2 nitrogen and oxygen atoms in total. The van der Waals surface area contributed by atoms with Crippen LogP contribution in [0, 0.1) is 0 Å². The third-order valence-corrected chi connectivity index (χ3v) is 2.77. The van der Waals surface area contributed by atoms with E-state index in [0.717, 1.165) is 0 Å². The molecule has 2 aromatic rings. The number of hydrogen-bond acceptors (Lipinski definition) is 2. The lowest BCUT2D eigenvalue weighted by molar-refractivity contribution is 0.602. The molecule has 0 spiro atoms. The number of rotatable bonds is 3. The maximum absolute atomic E-state index is 5.40. The summed E-state index contributed by atoms with van der Waals surface area (Å²) in [6.45, 7) is 2.04. The maximum atomic E-state index is 5.40. The predicted octanol–water partition coefficient (Wildman–Crippen LogP) is 2.88. The Hall–Kier alpha value is -1.64. The van der Waals surface area contributed by atoms with Crippen LogP contribution in [0.4, 0.5) is 0 Å². The Kier molecular flexibility index (Phi) is 3.34. The van der Waals surface area contributed by atoms with Crippen LogP contribution < -0.4 is 11.3 Å². The molecule has 0 aliphatic rings. The zero-order chi connectivity index (χ0) is 11.4. The van der Waals surface area contributed by atoms with Crippen molar-refractivity contribution in [1.82, 2.24) is 5.43 Å². The van der Waals surface area contributed by atoms with Gasteiger partial charge in [0.25, 0.3) is 0 Å². The highest BCUT2D eigenvalue weighted by molar-refractivity contribution is 5.63. The van der Waals surface area contributed by atoms with E-state index in [9.17, 15) is 0 Å². The van der Waals surface area contributed by atoms with Gasteiger partial charge in [-0.05, 0) is 23.6 Å². The maximum Gasteiger partial charge on any atom is 0.0431 e. The van der Waals surface area contributed by atoms with Crippen molar-refractivity contribution < 1.29 is 0 Å². The number of hydrogen-bond donors (Lipinski definition) is 2. The Morgan fingerprint density at radius 1 is 0.875 bits per heavy atom. The lowest BCUT2D eigenvalue weighted by Crippen LogP contribution is -2.25. The van der Waals surface area contributed by atoms with E-state index >= 15 is 0 Å². The largest absolute Gasteiger partial charge is 0.271 e. The summed E-state index contributed by atoms with van der Waals surface area (Å²) in [5.74, 6) is 5.40. The van der Waals surface area contributed by atoms with E-state index in [-0.39, 0.29) is 6.04 Å². The molecule has 1 atom stereocenters. The van der Waals surface area contributed by atoms with Gasteiger partial charge in [0.15, 0.2) is 0 Å².